The molecule has 3 heteroatoms. The first-order valence-electron chi connectivity index (χ1n) is 3.40. The maximum atomic E-state index is 11.0. The van der Waals surface area contributed by atoms with Gasteiger partial charge in [-0.3, -0.25) is 4.79 Å². The summed E-state index contributed by atoms with van der Waals surface area (Å²) in [5, 5.41) is 3.33. The molecule has 0 aliphatic carbocycles. The Bertz CT molecular complexity index is 212. The van der Waals surface area contributed by atoms with E-state index in [1.165, 1.54) is 4.91 Å². The fourth-order valence-electron chi connectivity index (χ4n) is 1.44. The number of thioether (sulfide) groups is 1. The number of hydrogen-bond acceptors (Lipinski definition) is 2. The van der Waals surface area contributed by atoms with E-state index in [1.807, 2.05) is 11.8 Å². The van der Waals surface area contributed by atoms with Crippen molar-refractivity contribution in [1.82, 2.24) is 5.32 Å². The average Bonchev–Trinajstić information content (AvgIpc) is 2.35. The minimum atomic E-state index is 0.171. The molecule has 54 valence electrons. The summed E-state index contributed by atoms with van der Waals surface area (Å²) < 4.78 is 0. The quantitative estimate of drug-likeness (QED) is 0.559. The summed E-state index contributed by atoms with van der Waals surface area (Å²) in [5.74, 6) is 0.374. The third-order valence-corrected chi connectivity index (χ3v) is 3.20. The lowest BCUT2D eigenvalue weighted by Gasteiger charge is -2.00. The first kappa shape index (κ1) is 6.28. The molecule has 0 spiro atoms. The van der Waals surface area contributed by atoms with Gasteiger partial charge in [0, 0.05) is 11.8 Å². The van der Waals surface area contributed by atoms with Crippen LogP contribution in [0.2, 0.25) is 0 Å². The van der Waals surface area contributed by atoms with Crippen molar-refractivity contribution in [2.24, 2.45) is 5.92 Å². The van der Waals surface area contributed by atoms with Gasteiger partial charge < -0.3 is 5.32 Å². The van der Waals surface area contributed by atoms with Gasteiger partial charge in [0.15, 0.2) is 0 Å². The summed E-state index contributed by atoms with van der Waals surface area (Å²) in [5.41, 5.74) is 0. The Morgan fingerprint density at radius 2 is 2.60 bits per heavy atom. The van der Waals surface area contributed by atoms with Crippen molar-refractivity contribution in [2.75, 3.05) is 6.54 Å². The second-order valence-corrected chi connectivity index (χ2v) is 4.19. The van der Waals surface area contributed by atoms with Crippen LogP contribution in [0.4, 0.5) is 0 Å². The molecule has 1 fully saturated rings. The molecule has 2 rings (SSSR count). The van der Waals surface area contributed by atoms with Crippen LogP contribution >= 0.6 is 11.8 Å². The Morgan fingerprint density at radius 3 is 3.30 bits per heavy atom. The Morgan fingerprint density at radius 1 is 1.80 bits per heavy atom. The van der Waals surface area contributed by atoms with Crippen molar-refractivity contribution in [1.29, 1.82) is 0 Å². The normalized spacial score (nSPS) is 37.3. The van der Waals surface area contributed by atoms with E-state index in [4.69, 9.17) is 0 Å². The van der Waals surface area contributed by atoms with Crippen LogP contribution in [-0.2, 0) is 4.79 Å². The van der Waals surface area contributed by atoms with E-state index in [9.17, 15) is 4.79 Å². The number of carbonyl (C=O) groups excluding carboxylic acids is 1. The summed E-state index contributed by atoms with van der Waals surface area (Å²) >= 11 is 1.82. The highest BCUT2D eigenvalue weighted by Crippen LogP contribution is 2.38. The highest BCUT2D eigenvalue weighted by molar-refractivity contribution is 8.04. The number of allylic oxidation sites excluding steroid dienone is 1. The molecular weight excluding hydrogens is 146 g/mol. The molecular formula is C7H9NOS. The maximum Gasteiger partial charge on any atom is 0.228 e. The maximum absolute atomic E-state index is 11.0. The van der Waals surface area contributed by atoms with Crippen molar-refractivity contribution in [3.05, 3.63) is 11.0 Å². The zero-order valence-corrected chi connectivity index (χ0v) is 6.57. The SMILES string of the molecule is CC1=CC2C(=O)NCC2S1. The number of amides is 1. The number of nitrogens with one attached hydrogen (secondary N) is 1. The second-order valence-electron chi connectivity index (χ2n) is 2.70. The van der Waals surface area contributed by atoms with Crippen molar-refractivity contribution in [2.45, 2.75) is 12.2 Å². The van der Waals surface area contributed by atoms with Crippen LogP contribution in [0.3, 0.4) is 0 Å². The molecule has 0 aromatic rings. The third kappa shape index (κ3) is 0.770. The van der Waals surface area contributed by atoms with Crippen LogP contribution < -0.4 is 5.32 Å². The van der Waals surface area contributed by atoms with Crippen molar-refractivity contribution in [3.63, 3.8) is 0 Å². The number of carbonyl (C=O) groups is 1. The average molecular weight is 155 g/mol. The first-order chi connectivity index (χ1) is 4.77. The van der Waals surface area contributed by atoms with Gasteiger partial charge in [0.05, 0.1) is 5.92 Å². The van der Waals surface area contributed by atoms with Crippen molar-refractivity contribution >= 4 is 17.7 Å². The molecule has 1 amide bonds. The molecule has 2 unspecified atom stereocenters. The van der Waals surface area contributed by atoms with Crippen LogP contribution in [0.25, 0.3) is 0 Å². The van der Waals surface area contributed by atoms with Gasteiger partial charge in [0.2, 0.25) is 5.91 Å². The Balaban J connectivity index is 2.24. The number of hydrogen-bond donors (Lipinski definition) is 1. The summed E-state index contributed by atoms with van der Waals surface area (Å²) in [6, 6.07) is 0. The van der Waals surface area contributed by atoms with Crippen LogP contribution in [0.1, 0.15) is 6.92 Å². The molecule has 2 heterocycles. The molecule has 0 aromatic carbocycles. The number of fused-ring (bicyclic) bond motifs is 1. The van der Waals surface area contributed by atoms with Crippen LogP contribution in [-0.4, -0.2) is 17.7 Å². The molecule has 1 saturated heterocycles. The molecule has 0 saturated carbocycles. The van der Waals surface area contributed by atoms with Crippen LogP contribution in [0, 0.1) is 5.92 Å². The van der Waals surface area contributed by atoms with E-state index in [2.05, 4.69) is 18.3 Å². The summed E-state index contributed by atoms with van der Waals surface area (Å²) in [6.07, 6.45) is 2.07. The molecule has 1 N–H and O–H groups in total. The standard InChI is InChI=1S/C7H9NOS/c1-4-2-5-6(10-4)3-8-7(5)9/h2,5-6H,3H2,1H3,(H,8,9). The van der Waals surface area contributed by atoms with Crippen molar-refractivity contribution in [3.8, 4) is 0 Å². The largest absolute Gasteiger partial charge is 0.354 e. The minimum Gasteiger partial charge on any atom is -0.354 e. The molecule has 2 aliphatic heterocycles. The van der Waals surface area contributed by atoms with E-state index >= 15 is 0 Å². The molecule has 2 nitrogen and oxygen atoms in total. The van der Waals surface area contributed by atoms with Gasteiger partial charge in [-0.1, -0.05) is 6.08 Å². The zero-order valence-electron chi connectivity index (χ0n) is 5.76. The minimum absolute atomic E-state index is 0.171. The fourth-order valence-corrected chi connectivity index (χ4v) is 2.66. The van der Waals surface area contributed by atoms with Gasteiger partial charge in [-0.15, -0.1) is 11.8 Å². The van der Waals surface area contributed by atoms with Gasteiger partial charge >= 0.3 is 0 Å². The predicted molar refractivity (Wildman–Crippen MR) is 41.6 cm³/mol. The Kier molecular flexibility index (Phi) is 1.27. The predicted octanol–water partition coefficient (Wildman–Crippen LogP) is 0.752. The van der Waals surface area contributed by atoms with Gasteiger partial charge in [0.1, 0.15) is 0 Å². The molecule has 0 radical (unpaired) electrons. The summed E-state index contributed by atoms with van der Waals surface area (Å²) in [6.45, 7) is 2.91. The monoisotopic (exact) mass is 155 g/mol. The summed E-state index contributed by atoms with van der Waals surface area (Å²) in [4.78, 5) is 12.3. The Hall–Kier alpha value is -0.440. The highest BCUT2D eigenvalue weighted by atomic mass is 32.2. The summed E-state index contributed by atoms with van der Waals surface area (Å²) in [7, 11) is 0. The van der Waals surface area contributed by atoms with Gasteiger partial charge in [0.25, 0.3) is 0 Å². The van der Waals surface area contributed by atoms with E-state index in [0.717, 1.165) is 6.54 Å². The number of rotatable bonds is 0. The van der Waals surface area contributed by atoms with Gasteiger partial charge in [-0.05, 0) is 11.8 Å². The lowest BCUT2D eigenvalue weighted by Crippen LogP contribution is -2.17. The first-order valence-corrected chi connectivity index (χ1v) is 4.28. The smallest absolute Gasteiger partial charge is 0.228 e. The molecule has 2 atom stereocenters. The lowest BCUT2D eigenvalue weighted by atomic mass is 10.1. The Labute approximate surface area is 64.1 Å². The lowest BCUT2D eigenvalue weighted by molar-refractivity contribution is -0.121. The highest BCUT2D eigenvalue weighted by Gasteiger charge is 2.37. The van der Waals surface area contributed by atoms with Gasteiger partial charge in [-0.2, -0.15) is 0 Å². The molecule has 0 aromatic heterocycles. The third-order valence-electron chi connectivity index (χ3n) is 1.93. The molecule has 0 bridgehead atoms. The van der Waals surface area contributed by atoms with E-state index in [1.54, 1.807) is 0 Å². The van der Waals surface area contributed by atoms with Crippen LogP contribution in [0.15, 0.2) is 11.0 Å². The van der Waals surface area contributed by atoms with E-state index in [-0.39, 0.29) is 11.8 Å². The van der Waals surface area contributed by atoms with Crippen molar-refractivity contribution < 1.29 is 4.79 Å². The van der Waals surface area contributed by atoms with Gasteiger partial charge in [-0.25, -0.2) is 0 Å². The molecule has 10 heavy (non-hydrogen) atoms. The molecule has 2 aliphatic rings. The second kappa shape index (κ2) is 2.02. The topological polar surface area (TPSA) is 29.1 Å². The fraction of sp³-hybridized carbons (Fsp3) is 0.571. The van der Waals surface area contributed by atoms with E-state index < -0.39 is 0 Å². The zero-order chi connectivity index (χ0) is 7.14. The van der Waals surface area contributed by atoms with E-state index in [0.29, 0.717) is 5.25 Å². The van der Waals surface area contributed by atoms with Crippen LogP contribution in [0.5, 0.6) is 0 Å².